The number of alkyl carbamates (subject to hydrolysis) is 1. The van der Waals surface area contributed by atoms with Crippen molar-refractivity contribution < 1.29 is 23.1 Å². The molecule has 0 aromatic heterocycles. The molecular weight excluding hydrogens is 342 g/mol. The summed E-state index contributed by atoms with van der Waals surface area (Å²) in [6.07, 6.45) is -1.79. The Balaban J connectivity index is 1.78. The van der Waals surface area contributed by atoms with E-state index in [2.05, 4.69) is 10.6 Å². The topological polar surface area (TPSA) is 67.4 Å². The number of amides is 2. The number of carbonyl (C=O) groups excluding carboxylic acids is 2. The van der Waals surface area contributed by atoms with Crippen molar-refractivity contribution in [2.45, 2.75) is 37.3 Å². The van der Waals surface area contributed by atoms with Crippen LogP contribution in [0.15, 0.2) is 24.3 Å². The smallest absolute Gasteiger partial charge is 0.408 e. The summed E-state index contributed by atoms with van der Waals surface area (Å²) < 4.78 is 32.1. The lowest BCUT2D eigenvalue weighted by molar-refractivity contribution is -0.129. The highest BCUT2D eigenvalue weighted by Gasteiger charge is 2.44. The van der Waals surface area contributed by atoms with Crippen LogP contribution in [0.3, 0.4) is 0 Å². The van der Waals surface area contributed by atoms with Gasteiger partial charge in [0.05, 0.1) is 12.6 Å². The highest BCUT2D eigenvalue weighted by atomic mass is 35.5. The minimum absolute atomic E-state index is 0.0683. The van der Waals surface area contributed by atoms with Crippen LogP contribution in [0, 0.1) is 5.92 Å². The first-order valence-electron chi connectivity index (χ1n) is 7.72. The maximum atomic E-state index is 13.6. The monoisotopic (exact) mass is 358 g/mol. The third kappa shape index (κ3) is 3.77. The van der Waals surface area contributed by atoms with Crippen molar-refractivity contribution in [1.29, 1.82) is 0 Å². The molecule has 1 saturated heterocycles. The van der Waals surface area contributed by atoms with Gasteiger partial charge in [0, 0.05) is 17.9 Å². The predicted molar refractivity (Wildman–Crippen MR) is 82.9 cm³/mol. The van der Waals surface area contributed by atoms with Crippen molar-refractivity contribution in [3.05, 3.63) is 34.9 Å². The number of alkyl halides is 2. The molecule has 0 spiro atoms. The second-order valence-corrected chi connectivity index (χ2v) is 6.61. The van der Waals surface area contributed by atoms with Crippen molar-refractivity contribution in [2.24, 2.45) is 5.92 Å². The quantitative estimate of drug-likeness (QED) is 0.869. The maximum absolute atomic E-state index is 13.6. The van der Waals surface area contributed by atoms with Crippen LogP contribution in [-0.4, -0.2) is 30.6 Å². The molecule has 0 radical (unpaired) electrons. The average Bonchev–Trinajstić information content (AvgIpc) is 3.11. The second kappa shape index (κ2) is 6.55. The van der Waals surface area contributed by atoms with Gasteiger partial charge >= 0.3 is 6.09 Å². The molecular formula is C16H17ClF2N2O3. The SMILES string of the molecule is O=C1NCC(C(=O)N[C@@H](c2ccc(Cl)cc2)[C@H]2CCC(F)(F)C2)O1. The zero-order chi connectivity index (χ0) is 17.3. The maximum Gasteiger partial charge on any atom is 0.408 e. The lowest BCUT2D eigenvalue weighted by Gasteiger charge is -2.26. The molecule has 1 aliphatic heterocycles. The summed E-state index contributed by atoms with van der Waals surface area (Å²) in [5.74, 6) is -3.61. The van der Waals surface area contributed by atoms with Crippen molar-refractivity contribution in [3.63, 3.8) is 0 Å². The number of benzene rings is 1. The highest BCUT2D eigenvalue weighted by Crippen LogP contribution is 2.44. The summed E-state index contributed by atoms with van der Waals surface area (Å²) in [5, 5.41) is 5.68. The van der Waals surface area contributed by atoms with E-state index in [1.165, 1.54) is 0 Å². The van der Waals surface area contributed by atoms with E-state index >= 15 is 0 Å². The molecule has 1 aromatic rings. The summed E-state index contributed by atoms with van der Waals surface area (Å²) in [5.41, 5.74) is 0.702. The number of cyclic esters (lactones) is 1. The Morgan fingerprint density at radius 1 is 1.38 bits per heavy atom. The Bertz CT molecular complexity index is 639. The number of ether oxygens (including phenoxy) is 1. The number of nitrogens with one attached hydrogen (secondary N) is 2. The van der Waals surface area contributed by atoms with E-state index in [0.717, 1.165) is 0 Å². The number of rotatable bonds is 4. The third-order valence-corrected chi connectivity index (χ3v) is 4.67. The minimum atomic E-state index is -2.72. The van der Waals surface area contributed by atoms with Crippen molar-refractivity contribution in [1.82, 2.24) is 10.6 Å². The fraction of sp³-hybridized carbons (Fsp3) is 0.500. The van der Waals surface area contributed by atoms with Gasteiger partial charge in [-0.2, -0.15) is 0 Å². The zero-order valence-electron chi connectivity index (χ0n) is 12.7. The van der Waals surface area contributed by atoms with Crippen LogP contribution in [0.1, 0.15) is 30.9 Å². The van der Waals surface area contributed by atoms with E-state index in [1.807, 2.05) is 0 Å². The van der Waals surface area contributed by atoms with Gasteiger partial charge in [-0.05, 0) is 30.0 Å². The molecule has 130 valence electrons. The van der Waals surface area contributed by atoms with Gasteiger partial charge in [-0.1, -0.05) is 23.7 Å². The molecule has 1 saturated carbocycles. The van der Waals surface area contributed by atoms with Gasteiger partial charge in [-0.15, -0.1) is 0 Å². The number of halogens is 3. The van der Waals surface area contributed by atoms with Gasteiger partial charge in [-0.3, -0.25) is 4.79 Å². The Kier molecular flexibility index (Phi) is 4.62. The molecule has 5 nitrogen and oxygen atoms in total. The standard InChI is InChI=1S/C16H17ClF2N2O3/c17-11-3-1-9(2-4-11)13(10-5-6-16(18,19)7-10)21-14(22)12-8-20-15(23)24-12/h1-4,10,12-13H,5-8H2,(H,20,23)(H,21,22)/t10-,12?,13-/m0/s1. The molecule has 0 bridgehead atoms. The van der Waals surface area contributed by atoms with Gasteiger partial charge in [-0.25, -0.2) is 13.6 Å². The zero-order valence-corrected chi connectivity index (χ0v) is 13.5. The van der Waals surface area contributed by atoms with E-state index in [4.69, 9.17) is 16.3 Å². The summed E-state index contributed by atoms with van der Waals surface area (Å²) >= 11 is 5.87. The van der Waals surface area contributed by atoms with E-state index in [1.54, 1.807) is 24.3 Å². The van der Waals surface area contributed by atoms with Crippen LogP contribution in [-0.2, 0) is 9.53 Å². The number of hydrogen-bond acceptors (Lipinski definition) is 3. The molecule has 3 rings (SSSR count). The van der Waals surface area contributed by atoms with E-state index < -0.39 is 36.0 Å². The van der Waals surface area contributed by atoms with Gasteiger partial charge in [0.1, 0.15) is 0 Å². The molecule has 1 aliphatic carbocycles. The van der Waals surface area contributed by atoms with Crippen LogP contribution < -0.4 is 10.6 Å². The Hall–Kier alpha value is -1.89. The molecule has 1 heterocycles. The first kappa shape index (κ1) is 17.0. The molecule has 2 N–H and O–H groups in total. The Labute approximate surface area is 142 Å². The molecule has 2 fully saturated rings. The minimum Gasteiger partial charge on any atom is -0.434 e. The normalized spacial score (nSPS) is 26.5. The third-order valence-electron chi connectivity index (χ3n) is 4.41. The summed E-state index contributed by atoms with van der Waals surface area (Å²) in [6, 6.07) is 6.15. The molecule has 24 heavy (non-hydrogen) atoms. The van der Waals surface area contributed by atoms with Crippen LogP contribution in [0.2, 0.25) is 5.02 Å². The van der Waals surface area contributed by atoms with Crippen LogP contribution in [0.4, 0.5) is 13.6 Å². The average molecular weight is 359 g/mol. The highest BCUT2D eigenvalue weighted by molar-refractivity contribution is 6.30. The largest absolute Gasteiger partial charge is 0.434 e. The molecule has 2 aliphatic rings. The summed E-state index contributed by atoms with van der Waals surface area (Å²) in [7, 11) is 0. The molecule has 8 heteroatoms. The lowest BCUT2D eigenvalue weighted by Crippen LogP contribution is -2.41. The number of carbonyl (C=O) groups is 2. The van der Waals surface area contributed by atoms with Crippen LogP contribution in [0.5, 0.6) is 0 Å². The number of hydrogen-bond donors (Lipinski definition) is 2. The van der Waals surface area contributed by atoms with Gasteiger partial charge in [0.25, 0.3) is 5.91 Å². The van der Waals surface area contributed by atoms with E-state index in [9.17, 15) is 18.4 Å². The first-order chi connectivity index (χ1) is 11.3. The van der Waals surface area contributed by atoms with E-state index in [-0.39, 0.29) is 19.4 Å². The molecule has 1 unspecified atom stereocenters. The lowest BCUT2D eigenvalue weighted by atomic mass is 9.91. The fourth-order valence-electron chi connectivity index (χ4n) is 3.19. The summed E-state index contributed by atoms with van der Waals surface area (Å²) in [4.78, 5) is 23.4. The predicted octanol–water partition coefficient (Wildman–Crippen LogP) is 3.04. The van der Waals surface area contributed by atoms with E-state index in [0.29, 0.717) is 17.0 Å². The Morgan fingerprint density at radius 2 is 2.08 bits per heavy atom. The van der Waals surface area contributed by atoms with Gasteiger partial charge < -0.3 is 15.4 Å². The Morgan fingerprint density at radius 3 is 2.62 bits per heavy atom. The van der Waals surface area contributed by atoms with Gasteiger partial charge in [0.2, 0.25) is 5.92 Å². The second-order valence-electron chi connectivity index (χ2n) is 6.17. The molecule has 3 atom stereocenters. The molecule has 1 aromatic carbocycles. The molecule has 2 amide bonds. The van der Waals surface area contributed by atoms with Crippen LogP contribution in [0.25, 0.3) is 0 Å². The fourth-order valence-corrected chi connectivity index (χ4v) is 3.32. The van der Waals surface area contributed by atoms with Crippen molar-refractivity contribution in [3.8, 4) is 0 Å². The van der Waals surface area contributed by atoms with Gasteiger partial charge in [0.15, 0.2) is 6.10 Å². The van der Waals surface area contributed by atoms with Crippen molar-refractivity contribution in [2.75, 3.05) is 6.54 Å². The van der Waals surface area contributed by atoms with Crippen molar-refractivity contribution >= 4 is 23.6 Å². The summed E-state index contributed by atoms with van der Waals surface area (Å²) in [6.45, 7) is 0.0683. The van der Waals surface area contributed by atoms with Crippen LogP contribution >= 0.6 is 11.6 Å². The first-order valence-corrected chi connectivity index (χ1v) is 8.10.